The number of amides is 3. The summed E-state index contributed by atoms with van der Waals surface area (Å²) in [5, 5.41) is 12.6. The van der Waals surface area contributed by atoms with Crippen molar-refractivity contribution >= 4 is 17.6 Å². The summed E-state index contributed by atoms with van der Waals surface area (Å²) in [6, 6.07) is 5.14. The van der Waals surface area contributed by atoms with Crippen LogP contribution in [-0.4, -0.2) is 54.0 Å². The quantitative estimate of drug-likeness (QED) is 0.821. The molecule has 2 N–H and O–H groups in total. The summed E-state index contributed by atoms with van der Waals surface area (Å²) >= 11 is 0. The number of urea groups is 1. The number of nitrogens with zero attached hydrogens (tertiary/aromatic N) is 2. The van der Waals surface area contributed by atoms with Crippen molar-refractivity contribution in [1.82, 2.24) is 9.80 Å². The molecule has 3 amide bonds. The average molecular weight is 305 g/mol. The normalized spacial score (nSPS) is 15.5. The highest BCUT2D eigenvalue weighted by Crippen LogP contribution is 2.26. The lowest BCUT2D eigenvalue weighted by Gasteiger charge is -2.33. The Balaban J connectivity index is 1.91. The molecule has 1 aromatic carbocycles. The predicted molar refractivity (Wildman–Crippen MR) is 84.9 cm³/mol. The number of anilines is 1. The van der Waals surface area contributed by atoms with Crippen LogP contribution in [-0.2, 0) is 4.79 Å². The fourth-order valence-corrected chi connectivity index (χ4v) is 2.60. The molecule has 0 aliphatic carbocycles. The van der Waals surface area contributed by atoms with Crippen LogP contribution in [0.5, 0.6) is 5.75 Å². The van der Waals surface area contributed by atoms with E-state index < -0.39 is 0 Å². The van der Waals surface area contributed by atoms with Gasteiger partial charge in [-0.1, -0.05) is 6.07 Å². The smallest absolute Gasteiger partial charge is 0.319 e. The van der Waals surface area contributed by atoms with Crippen LogP contribution in [0.1, 0.15) is 18.4 Å². The van der Waals surface area contributed by atoms with E-state index in [-0.39, 0.29) is 23.6 Å². The highest BCUT2D eigenvalue weighted by molar-refractivity contribution is 5.94. The van der Waals surface area contributed by atoms with Crippen LogP contribution < -0.4 is 5.32 Å². The summed E-state index contributed by atoms with van der Waals surface area (Å²) < 4.78 is 0. The van der Waals surface area contributed by atoms with Crippen molar-refractivity contribution in [3.05, 3.63) is 23.8 Å². The van der Waals surface area contributed by atoms with Crippen LogP contribution in [0.15, 0.2) is 18.2 Å². The van der Waals surface area contributed by atoms with Crippen LogP contribution in [0.25, 0.3) is 0 Å². The zero-order valence-electron chi connectivity index (χ0n) is 13.3. The Bertz CT molecular complexity index is 564. The van der Waals surface area contributed by atoms with E-state index in [4.69, 9.17) is 0 Å². The van der Waals surface area contributed by atoms with Crippen molar-refractivity contribution in [3.8, 4) is 5.75 Å². The second kappa shape index (κ2) is 6.68. The number of benzene rings is 1. The van der Waals surface area contributed by atoms with Crippen LogP contribution in [0, 0.1) is 12.8 Å². The molecule has 1 aliphatic rings. The minimum Gasteiger partial charge on any atom is -0.506 e. The highest BCUT2D eigenvalue weighted by Gasteiger charge is 2.28. The molecule has 0 saturated carbocycles. The van der Waals surface area contributed by atoms with Gasteiger partial charge in [-0.05, 0) is 37.5 Å². The monoisotopic (exact) mass is 305 g/mol. The third kappa shape index (κ3) is 3.69. The number of hydrogen-bond acceptors (Lipinski definition) is 3. The molecule has 0 spiro atoms. The molecule has 1 heterocycles. The first-order chi connectivity index (χ1) is 10.4. The molecule has 1 aliphatic heterocycles. The zero-order chi connectivity index (χ0) is 16.3. The van der Waals surface area contributed by atoms with E-state index in [0.717, 1.165) is 5.56 Å². The Labute approximate surface area is 130 Å². The number of aryl methyl sites for hydroxylation is 1. The van der Waals surface area contributed by atoms with Crippen molar-refractivity contribution in [2.24, 2.45) is 5.92 Å². The van der Waals surface area contributed by atoms with Gasteiger partial charge in [0.2, 0.25) is 5.91 Å². The maximum atomic E-state index is 12.3. The molecule has 0 aromatic heterocycles. The van der Waals surface area contributed by atoms with E-state index in [2.05, 4.69) is 5.32 Å². The number of carbonyl (C=O) groups is 2. The van der Waals surface area contributed by atoms with Crippen LogP contribution >= 0.6 is 0 Å². The molecule has 6 nitrogen and oxygen atoms in total. The third-order valence-corrected chi connectivity index (χ3v) is 3.93. The van der Waals surface area contributed by atoms with E-state index in [0.29, 0.717) is 31.6 Å². The summed E-state index contributed by atoms with van der Waals surface area (Å²) in [6.45, 7) is 3.03. The molecule has 0 atom stereocenters. The highest BCUT2D eigenvalue weighted by atomic mass is 16.3. The van der Waals surface area contributed by atoms with E-state index in [1.807, 2.05) is 13.0 Å². The lowest BCUT2D eigenvalue weighted by Crippen LogP contribution is -2.45. The van der Waals surface area contributed by atoms with Gasteiger partial charge < -0.3 is 20.2 Å². The van der Waals surface area contributed by atoms with Gasteiger partial charge in [-0.3, -0.25) is 4.79 Å². The summed E-state index contributed by atoms with van der Waals surface area (Å²) in [4.78, 5) is 27.4. The molecule has 1 saturated heterocycles. The van der Waals surface area contributed by atoms with Gasteiger partial charge in [0.05, 0.1) is 5.69 Å². The lowest BCUT2D eigenvalue weighted by molar-refractivity contribution is -0.121. The first kappa shape index (κ1) is 16.1. The summed E-state index contributed by atoms with van der Waals surface area (Å²) in [5.41, 5.74) is 1.37. The Morgan fingerprint density at radius 3 is 2.45 bits per heavy atom. The van der Waals surface area contributed by atoms with E-state index in [1.165, 1.54) is 0 Å². The molecule has 1 aromatic rings. The summed E-state index contributed by atoms with van der Waals surface area (Å²) in [5.74, 6) is -0.156. The number of phenolic OH excluding ortho intramolecular Hbond substituents is 1. The summed E-state index contributed by atoms with van der Waals surface area (Å²) in [6.07, 6.45) is 1.27. The number of nitrogens with one attached hydrogen (secondary N) is 1. The van der Waals surface area contributed by atoms with E-state index in [9.17, 15) is 14.7 Å². The van der Waals surface area contributed by atoms with Gasteiger partial charge in [0.25, 0.3) is 0 Å². The molecule has 22 heavy (non-hydrogen) atoms. The number of likely N-dealkylation sites (tertiary alicyclic amines) is 1. The fraction of sp³-hybridized carbons (Fsp3) is 0.500. The molecule has 120 valence electrons. The van der Waals surface area contributed by atoms with E-state index >= 15 is 0 Å². The van der Waals surface area contributed by atoms with Crippen molar-refractivity contribution in [2.75, 3.05) is 32.5 Å². The standard InChI is InChI=1S/C16H23N3O3/c1-11-4-5-13(14(20)10-11)17-15(21)12-6-8-19(9-7-12)16(22)18(2)3/h4-5,10,12,20H,6-9H2,1-3H3,(H,17,21). The Hall–Kier alpha value is -2.24. The molecule has 0 bridgehead atoms. The number of hydrogen-bond donors (Lipinski definition) is 2. The van der Waals surface area contributed by atoms with Crippen LogP contribution in [0.3, 0.4) is 0 Å². The van der Waals surface area contributed by atoms with Gasteiger partial charge >= 0.3 is 6.03 Å². The minimum absolute atomic E-state index is 0.0185. The molecule has 6 heteroatoms. The van der Waals surface area contributed by atoms with Crippen molar-refractivity contribution in [1.29, 1.82) is 0 Å². The van der Waals surface area contributed by atoms with E-state index in [1.54, 1.807) is 36.0 Å². The molecule has 0 radical (unpaired) electrons. The average Bonchev–Trinajstić information content (AvgIpc) is 2.49. The first-order valence-electron chi connectivity index (χ1n) is 7.45. The Morgan fingerprint density at radius 2 is 1.91 bits per heavy atom. The second-order valence-electron chi connectivity index (χ2n) is 5.95. The SMILES string of the molecule is Cc1ccc(NC(=O)C2CCN(C(=O)N(C)C)CC2)c(O)c1. The maximum absolute atomic E-state index is 12.3. The van der Waals surface area contributed by atoms with Crippen LogP contribution in [0.4, 0.5) is 10.5 Å². The molecule has 2 rings (SSSR count). The molecule has 0 unspecified atom stereocenters. The minimum atomic E-state index is -0.132. The van der Waals surface area contributed by atoms with Gasteiger partial charge in [-0.15, -0.1) is 0 Å². The molecule has 1 fully saturated rings. The summed E-state index contributed by atoms with van der Waals surface area (Å²) in [7, 11) is 3.45. The Morgan fingerprint density at radius 1 is 1.27 bits per heavy atom. The largest absolute Gasteiger partial charge is 0.506 e. The van der Waals surface area contributed by atoms with Gasteiger partial charge in [0.15, 0.2) is 0 Å². The first-order valence-corrected chi connectivity index (χ1v) is 7.45. The number of rotatable bonds is 2. The predicted octanol–water partition coefficient (Wildman–Crippen LogP) is 2.03. The third-order valence-electron chi connectivity index (χ3n) is 3.93. The number of phenols is 1. The van der Waals surface area contributed by atoms with Gasteiger partial charge in [-0.2, -0.15) is 0 Å². The van der Waals surface area contributed by atoms with Gasteiger partial charge in [0, 0.05) is 33.1 Å². The number of piperidine rings is 1. The van der Waals surface area contributed by atoms with Gasteiger partial charge in [0.1, 0.15) is 5.75 Å². The second-order valence-corrected chi connectivity index (χ2v) is 5.95. The fourth-order valence-electron chi connectivity index (χ4n) is 2.60. The molecular weight excluding hydrogens is 282 g/mol. The lowest BCUT2D eigenvalue weighted by atomic mass is 9.96. The number of carbonyl (C=O) groups excluding carboxylic acids is 2. The Kier molecular flexibility index (Phi) is 4.90. The number of aromatic hydroxyl groups is 1. The maximum Gasteiger partial charge on any atom is 0.319 e. The van der Waals surface area contributed by atoms with Gasteiger partial charge in [-0.25, -0.2) is 4.79 Å². The topological polar surface area (TPSA) is 72.9 Å². The van der Waals surface area contributed by atoms with Crippen molar-refractivity contribution in [2.45, 2.75) is 19.8 Å². The van der Waals surface area contributed by atoms with Crippen LogP contribution in [0.2, 0.25) is 0 Å². The van der Waals surface area contributed by atoms with Crippen molar-refractivity contribution in [3.63, 3.8) is 0 Å². The van der Waals surface area contributed by atoms with Crippen molar-refractivity contribution < 1.29 is 14.7 Å². The zero-order valence-corrected chi connectivity index (χ0v) is 13.3. The molecular formula is C16H23N3O3.